The van der Waals surface area contributed by atoms with Crippen LogP contribution in [-0.2, 0) is 16.6 Å². The summed E-state index contributed by atoms with van der Waals surface area (Å²) in [6.07, 6.45) is 1.87. The van der Waals surface area contributed by atoms with E-state index in [1.165, 1.54) is 0 Å². The van der Waals surface area contributed by atoms with Gasteiger partial charge < -0.3 is 0 Å². The molecule has 0 N–H and O–H groups in total. The monoisotopic (exact) mass is 392 g/mol. The van der Waals surface area contributed by atoms with Crippen LogP contribution in [0.3, 0.4) is 0 Å². The lowest BCUT2D eigenvalue weighted by Gasteiger charge is -2.33. The van der Waals surface area contributed by atoms with Gasteiger partial charge in [0.05, 0.1) is 11.2 Å². The Labute approximate surface area is 155 Å². The van der Waals surface area contributed by atoms with E-state index in [4.69, 9.17) is 0 Å². The van der Waals surface area contributed by atoms with E-state index >= 15 is 0 Å². The molecule has 0 atom stereocenters. The number of halogens is 2. The van der Waals surface area contributed by atoms with Gasteiger partial charge in [-0.1, -0.05) is 12.1 Å². The molecular formula is C18H18F2N4O2S. The fourth-order valence-corrected chi connectivity index (χ4v) is 4.81. The van der Waals surface area contributed by atoms with Crippen LogP contribution in [0.2, 0.25) is 0 Å². The van der Waals surface area contributed by atoms with Crippen LogP contribution in [0, 0.1) is 11.6 Å². The number of pyridine rings is 1. The molecule has 2 aromatic heterocycles. The Kier molecular flexibility index (Phi) is 4.67. The maximum absolute atomic E-state index is 13.9. The average Bonchev–Trinajstić information content (AvgIpc) is 3.04. The zero-order valence-electron chi connectivity index (χ0n) is 14.4. The SMILES string of the molecule is O=S(=O)(c1c(F)cccc1F)N1CCN(Cc2cc3ccccn3n2)CC1. The van der Waals surface area contributed by atoms with Crippen molar-refractivity contribution in [3.63, 3.8) is 0 Å². The minimum absolute atomic E-state index is 0.170. The van der Waals surface area contributed by atoms with E-state index in [-0.39, 0.29) is 13.1 Å². The molecule has 142 valence electrons. The summed E-state index contributed by atoms with van der Waals surface area (Å²) in [5.74, 6) is -2.13. The molecule has 1 aliphatic heterocycles. The Morgan fingerprint density at radius 2 is 1.67 bits per heavy atom. The number of sulfonamides is 1. The van der Waals surface area contributed by atoms with E-state index < -0.39 is 26.6 Å². The second kappa shape index (κ2) is 6.99. The van der Waals surface area contributed by atoms with Gasteiger partial charge in [-0.15, -0.1) is 0 Å². The summed E-state index contributed by atoms with van der Waals surface area (Å²) in [7, 11) is -4.20. The van der Waals surface area contributed by atoms with Crippen molar-refractivity contribution < 1.29 is 17.2 Å². The predicted octanol–water partition coefficient (Wildman–Crippen LogP) is 2.12. The lowest BCUT2D eigenvalue weighted by molar-refractivity contribution is 0.179. The van der Waals surface area contributed by atoms with Crippen molar-refractivity contribution in [2.24, 2.45) is 0 Å². The van der Waals surface area contributed by atoms with Crippen LogP contribution in [0.1, 0.15) is 5.69 Å². The Bertz CT molecular complexity index is 1020. The van der Waals surface area contributed by atoms with Crippen LogP contribution in [0.5, 0.6) is 0 Å². The van der Waals surface area contributed by atoms with Gasteiger partial charge in [0, 0.05) is 38.9 Å². The van der Waals surface area contributed by atoms with Gasteiger partial charge in [0.15, 0.2) is 4.90 Å². The molecule has 0 spiro atoms. The number of piperazine rings is 1. The molecule has 0 aliphatic carbocycles. The van der Waals surface area contributed by atoms with Crippen molar-refractivity contribution in [1.29, 1.82) is 0 Å². The maximum atomic E-state index is 13.9. The third-order valence-corrected chi connectivity index (χ3v) is 6.61. The summed E-state index contributed by atoms with van der Waals surface area (Å²) in [4.78, 5) is 1.20. The summed E-state index contributed by atoms with van der Waals surface area (Å²) in [6.45, 7) is 1.85. The maximum Gasteiger partial charge on any atom is 0.249 e. The van der Waals surface area contributed by atoms with E-state index in [1.807, 2.05) is 30.5 Å². The number of rotatable bonds is 4. The topological polar surface area (TPSA) is 57.9 Å². The van der Waals surface area contributed by atoms with Crippen LogP contribution in [0.25, 0.3) is 5.52 Å². The molecule has 1 saturated heterocycles. The highest BCUT2D eigenvalue weighted by atomic mass is 32.2. The summed E-state index contributed by atoms with van der Waals surface area (Å²) in [5, 5.41) is 4.49. The molecule has 0 unspecified atom stereocenters. The molecule has 1 fully saturated rings. The van der Waals surface area contributed by atoms with Crippen molar-refractivity contribution in [2.75, 3.05) is 26.2 Å². The molecule has 0 radical (unpaired) electrons. The van der Waals surface area contributed by atoms with Crippen molar-refractivity contribution in [3.05, 3.63) is 66.0 Å². The Balaban J connectivity index is 1.45. The third-order valence-electron chi connectivity index (χ3n) is 4.65. The van der Waals surface area contributed by atoms with Gasteiger partial charge in [0.25, 0.3) is 0 Å². The molecule has 1 aromatic carbocycles. The van der Waals surface area contributed by atoms with E-state index in [0.29, 0.717) is 19.6 Å². The lowest BCUT2D eigenvalue weighted by Crippen LogP contribution is -2.48. The minimum atomic E-state index is -4.20. The summed E-state index contributed by atoms with van der Waals surface area (Å²) >= 11 is 0. The fourth-order valence-electron chi connectivity index (χ4n) is 3.28. The van der Waals surface area contributed by atoms with E-state index in [0.717, 1.165) is 33.7 Å². The standard InChI is InChI=1S/C18H18F2N4O2S/c19-16-5-3-6-17(20)18(16)27(25,26)23-10-8-22(9-11-23)13-14-12-15-4-1-2-7-24(15)21-14/h1-7,12H,8-11,13H2. The largest absolute Gasteiger partial charge is 0.295 e. The van der Waals surface area contributed by atoms with Crippen molar-refractivity contribution in [1.82, 2.24) is 18.8 Å². The Morgan fingerprint density at radius 3 is 2.33 bits per heavy atom. The second-order valence-corrected chi connectivity index (χ2v) is 8.31. The molecule has 3 aromatic rings. The zero-order valence-corrected chi connectivity index (χ0v) is 15.2. The van der Waals surface area contributed by atoms with Gasteiger partial charge in [-0.05, 0) is 30.3 Å². The number of aromatic nitrogens is 2. The van der Waals surface area contributed by atoms with Crippen molar-refractivity contribution in [2.45, 2.75) is 11.4 Å². The highest BCUT2D eigenvalue weighted by molar-refractivity contribution is 7.89. The van der Waals surface area contributed by atoms with Gasteiger partial charge in [-0.2, -0.15) is 9.40 Å². The van der Waals surface area contributed by atoms with Crippen molar-refractivity contribution in [3.8, 4) is 0 Å². The molecule has 9 heteroatoms. The number of nitrogens with zero attached hydrogens (tertiary/aromatic N) is 4. The van der Waals surface area contributed by atoms with E-state index in [1.54, 1.807) is 4.52 Å². The Hall–Kier alpha value is -2.36. The zero-order chi connectivity index (χ0) is 19.0. The van der Waals surface area contributed by atoms with Crippen LogP contribution >= 0.6 is 0 Å². The molecule has 0 amide bonds. The first kappa shape index (κ1) is 18.0. The highest BCUT2D eigenvalue weighted by Crippen LogP contribution is 2.24. The number of fused-ring (bicyclic) bond motifs is 1. The summed E-state index contributed by atoms with van der Waals surface area (Å²) in [6, 6.07) is 10.8. The van der Waals surface area contributed by atoms with E-state index in [2.05, 4.69) is 10.00 Å². The highest BCUT2D eigenvalue weighted by Gasteiger charge is 2.33. The number of hydrogen-bond donors (Lipinski definition) is 0. The molecule has 1 aliphatic rings. The lowest BCUT2D eigenvalue weighted by atomic mass is 10.3. The van der Waals surface area contributed by atoms with Gasteiger partial charge in [-0.3, -0.25) is 4.90 Å². The summed E-state index contributed by atoms with van der Waals surface area (Å²) < 4.78 is 56.0. The van der Waals surface area contributed by atoms with E-state index in [9.17, 15) is 17.2 Å². The molecule has 0 saturated carbocycles. The first-order chi connectivity index (χ1) is 12.9. The molecule has 4 rings (SSSR count). The average molecular weight is 392 g/mol. The molecule has 3 heterocycles. The normalized spacial score (nSPS) is 16.8. The van der Waals surface area contributed by atoms with Crippen LogP contribution in [-0.4, -0.2) is 53.4 Å². The van der Waals surface area contributed by atoms with Crippen LogP contribution in [0.4, 0.5) is 8.78 Å². The van der Waals surface area contributed by atoms with Crippen LogP contribution < -0.4 is 0 Å². The predicted molar refractivity (Wildman–Crippen MR) is 95.6 cm³/mol. The molecular weight excluding hydrogens is 374 g/mol. The molecule has 0 bridgehead atoms. The van der Waals surface area contributed by atoms with Gasteiger partial charge in [-0.25, -0.2) is 21.7 Å². The minimum Gasteiger partial charge on any atom is -0.295 e. The Morgan fingerprint density at radius 1 is 0.963 bits per heavy atom. The van der Waals surface area contributed by atoms with Gasteiger partial charge in [0.1, 0.15) is 11.6 Å². The second-order valence-electron chi connectivity index (χ2n) is 6.44. The van der Waals surface area contributed by atoms with Gasteiger partial charge >= 0.3 is 0 Å². The molecule has 27 heavy (non-hydrogen) atoms. The number of hydrogen-bond acceptors (Lipinski definition) is 4. The summed E-state index contributed by atoms with van der Waals surface area (Å²) in [5.41, 5.74) is 1.88. The smallest absolute Gasteiger partial charge is 0.249 e. The van der Waals surface area contributed by atoms with Crippen molar-refractivity contribution >= 4 is 15.5 Å². The van der Waals surface area contributed by atoms with Gasteiger partial charge in [0.2, 0.25) is 10.0 Å². The molecule has 6 nitrogen and oxygen atoms in total. The fraction of sp³-hybridized carbons (Fsp3) is 0.278. The first-order valence-corrected chi connectivity index (χ1v) is 9.99. The van der Waals surface area contributed by atoms with Crippen LogP contribution in [0.15, 0.2) is 53.6 Å². The number of benzene rings is 1. The quantitative estimate of drug-likeness (QED) is 0.683. The third kappa shape index (κ3) is 3.45. The first-order valence-electron chi connectivity index (χ1n) is 8.55.